The molecule has 25 heavy (non-hydrogen) atoms. The van der Waals surface area contributed by atoms with Gasteiger partial charge in [-0.05, 0) is 35.7 Å². The Morgan fingerprint density at radius 2 is 1.84 bits per heavy atom. The van der Waals surface area contributed by atoms with Crippen LogP contribution >= 0.6 is 0 Å². The molecule has 0 atom stereocenters. The van der Waals surface area contributed by atoms with E-state index >= 15 is 0 Å². The van der Waals surface area contributed by atoms with Crippen molar-refractivity contribution < 1.29 is 14.3 Å². The molecule has 5 nitrogen and oxygen atoms in total. The van der Waals surface area contributed by atoms with Gasteiger partial charge >= 0.3 is 0 Å². The monoisotopic (exact) mass is 332 g/mol. The van der Waals surface area contributed by atoms with Crippen molar-refractivity contribution in [2.45, 2.75) is 13.0 Å². The Morgan fingerprint density at radius 1 is 1.04 bits per heavy atom. The first-order chi connectivity index (χ1) is 12.2. The summed E-state index contributed by atoms with van der Waals surface area (Å²) in [7, 11) is 0. The first kappa shape index (κ1) is 15.3. The van der Waals surface area contributed by atoms with Crippen LogP contribution in [0, 0.1) is 11.3 Å². The molecule has 5 heteroatoms. The molecule has 0 fully saturated rings. The number of hydrogen-bond acceptors (Lipinski definition) is 4. The van der Waals surface area contributed by atoms with Crippen molar-refractivity contribution in [3.8, 4) is 17.6 Å². The fraction of sp³-hybridized carbons (Fsp3) is 0.200. The van der Waals surface area contributed by atoms with Crippen LogP contribution in [0.25, 0.3) is 10.8 Å². The lowest BCUT2D eigenvalue weighted by atomic mass is 10.1. The number of aryl methyl sites for hydroxylation is 1. The average Bonchev–Trinajstić information content (AvgIpc) is 3.07. The van der Waals surface area contributed by atoms with Crippen LogP contribution in [0.3, 0.4) is 0 Å². The summed E-state index contributed by atoms with van der Waals surface area (Å²) in [5.74, 6) is 1.38. The maximum absolute atomic E-state index is 12.5. The molecule has 0 radical (unpaired) electrons. The zero-order valence-corrected chi connectivity index (χ0v) is 13.6. The van der Waals surface area contributed by atoms with Gasteiger partial charge in [0.25, 0.3) is 0 Å². The topological polar surface area (TPSA) is 64.2 Å². The number of nitriles is 1. The van der Waals surface area contributed by atoms with Crippen LogP contribution in [0.4, 0.5) is 0 Å². The van der Waals surface area contributed by atoms with Gasteiger partial charge in [-0.25, -0.2) is 0 Å². The minimum Gasteiger partial charge on any atom is -0.486 e. The van der Waals surface area contributed by atoms with Crippen molar-refractivity contribution in [2.75, 3.05) is 13.2 Å². The van der Waals surface area contributed by atoms with Crippen molar-refractivity contribution in [1.82, 2.24) is 4.57 Å². The smallest absolute Gasteiger partial charge is 0.164 e. The van der Waals surface area contributed by atoms with Crippen molar-refractivity contribution in [3.63, 3.8) is 0 Å². The van der Waals surface area contributed by atoms with Crippen LogP contribution in [0.15, 0.2) is 48.8 Å². The van der Waals surface area contributed by atoms with Gasteiger partial charge in [0.1, 0.15) is 13.2 Å². The third kappa shape index (κ3) is 3.07. The molecule has 1 aliphatic heterocycles. The Hall–Kier alpha value is -3.26. The summed E-state index contributed by atoms with van der Waals surface area (Å²) in [6.45, 7) is 1.63. The van der Waals surface area contributed by atoms with E-state index in [2.05, 4.69) is 6.07 Å². The molecule has 0 aliphatic carbocycles. The minimum absolute atomic E-state index is 0.0624. The lowest BCUT2D eigenvalue weighted by molar-refractivity contribution is 0.0976. The van der Waals surface area contributed by atoms with E-state index in [1.807, 2.05) is 29.1 Å². The molecular formula is C20H16N2O3. The first-order valence-electron chi connectivity index (χ1n) is 8.15. The molecule has 0 saturated carbocycles. The molecule has 2 aromatic carbocycles. The van der Waals surface area contributed by atoms with Crippen LogP contribution in [0.1, 0.15) is 22.3 Å². The van der Waals surface area contributed by atoms with Gasteiger partial charge in [-0.2, -0.15) is 5.26 Å². The minimum atomic E-state index is 0.0624. The summed E-state index contributed by atoms with van der Waals surface area (Å²) < 4.78 is 13.0. The predicted octanol–water partition coefficient (Wildman–Crippen LogP) is 3.56. The van der Waals surface area contributed by atoms with Gasteiger partial charge in [0.15, 0.2) is 17.3 Å². The third-order valence-electron chi connectivity index (χ3n) is 4.29. The largest absolute Gasteiger partial charge is 0.486 e. The molecule has 3 aromatic rings. The fourth-order valence-corrected chi connectivity index (χ4v) is 2.99. The van der Waals surface area contributed by atoms with Crippen molar-refractivity contribution in [1.29, 1.82) is 5.26 Å². The maximum atomic E-state index is 12.5. The highest BCUT2D eigenvalue weighted by Crippen LogP contribution is 2.31. The summed E-state index contributed by atoms with van der Waals surface area (Å²) in [4.78, 5) is 12.5. The normalized spacial score (nSPS) is 12.8. The quantitative estimate of drug-likeness (QED) is 0.685. The number of carbonyl (C=O) groups excluding carboxylic acids is 1. The molecule has 0 bridgehead atoms. The number of fused-ring (bicyclic) bond motifs is 2. The molecular weight excluding hydrogens is 316 g/mol. The lowest BCUT2D eigenvalue weighted by Gasteiger charge is -2.18. The molecule has 124 valence electrons. The Morgan fingerprint density at radius 3 is 2.68 bits per heavy atom. The molecule has 0 saturated heterocycles. The van der Waals surface area contributed by atoms with Gasteiger partial charge in [-0.3, -0.25) is 4.79 Å². The van der Waals surface area contributed by atoms with E-state index < -0.39 is 0 Å². The van der Waals surface area contributed by atoms with Crippen LogP contribution in [-0.2, 0) is 6.54 Å². The number of ether oxygens (including phenoxy) is 2. The van der Waals surface area contributed by atoms with E-state index in [1.54, 1.807) is 24.3 Å². The average molecular weight is 332 g/mol. The fourth-order valence-electron chi connectivity index (χ4n) is 2.99. The predicted molar refractivity (Wildman–Crippen MR) is 93.0 cm³/mol. The molecule has 0 amide bonds. The van der Waals surface area contributed by atoms with E-state index in [1.165, 1.54) is 0 Å². The maximum Gasteiger partial charge on any atom is 0.164 e. The Labute approximate surface area is 145 Å². The third-order valence-corrected chi connectivity index (χ3v) is 4.29. The molecule has 4 rings (SSSR count). The van der Waals surface area contributed by atoms with Gasteiger partial charge < -0.3 is 14.0 Å². The molecule has 0 unspecified atom stereocenters. The molecule has 0 N–H and O–H groups in total. The van der Waals surface area contributed by atoms with Crippen LogP contribution in [-0.4, -0.2) is 23.6 Å². The summed E-state index contributed by atoms with van der Waals surface area (Å²) in [5, 5.41) is 11.0. The van der Waals surface area contributed by atoms with Gasteiger partial charge in [0, 0.05) is 36.3 Å². The number of nitrogens with zero attached hydrogens (tertiary/aromatic N) is 2. The van der Waals surface area contributed by atoms with Crippen molar-refractivity contribution in [2.24, 2.45) is 0 Å². The van der Waals surface area contributed by atoms with Crippen molar-refractivity contribution in [3.05, 3.63) is 59.9 Å². The number of benzene rings is 2. The number of rotatable bonds is 4. The zero-order valence-electron chi connectivity index (χ0n) is 13.6. The van der Waals surface area contributed by atoms with E-state index in [4.69, 9.17) is 14.7 Å². The lowest BCUT2D eigenvalue weighted by Crippen LogP contribution is -2.16. The summed E-state index contributed by atoms with van der Waals surface area (Å²) in [6, 6.07) is 13.0. The van der Waals surface area contributed by atoms with E-state index in [-0.39, 0.29) is 5.78 Å². The van der Waals surface area contributed by atoms with Gasteiger partial charge in [-0.15, -0.1) is 0 Å². The summed E-state index contributed by atoms with van der Waals surface area (Å²) in [6.07, 6.45) is 4.35. The highest BCUT2D eigenvalue weighted by atomic mass is 16.6. The SMILES string of the molecule is N#Cc1ccc2cn(CCC(=O)c3ccc4c(c3)OCCO4)cc2c1. The number of ketones is 1. The number of Topliss-reactive ketones (excluding diaryl/α,β-unsaturated/α-hetero) is 1. The second-order valence-corrected chi connectivity index (χ2v) is 5.98. The van der Waals surface area contributed by atoms with Gasteiger partial charge in [-0.1, -0.05) is 6.07 Å². The van der Waals surface area contributed by atoms with Crippen LogP contribution in [0.5, 0.6) is 11.5 Å². The number of carbonyl (C=O) groups is 1. The van der Waals surface area contributed by atoms with E-state index in [0.29, 0.717) is 48.8 Å². The summed E-state index contributed by atoms with van der Waals surface area (Å²) >= 11 is 0. The second-order valence-electron chi connectivity index (χ2n) is 5.98. The van der Waals surface area contributed by atoms with Gasteiger partial charge in [0.2, 0.25) is 0 Å². The van der Waals surface area contributed by atoms with E-state index in [0.717, 1.165) is 10.8 Å². The summed E-state index contributed by atoms with van der Waals surface area (Å²) in [5.41, 5.74) is 1.27. The highest BCUT2D eigenvalue weighted by molar-refractivity contribution is 5.96. The molecule has 1 aliphatic rings. The highest BCUT2D eigenvalue weighted by Gasteiger charge is 2.15. The van der Waals surface area contributed by atoms with Crippen LogP contribution < -0.4 is 9.47 Å². The Kier molecular flexibility index (Phi) is 3.87. The zero-order chi connectivity index (χ0) is 17.2. The Bertz CT molecular complexity index is 998. The Balaban J connectivity index is 1.47. The standard InChI is InChI=1S/C20H16N2O3/c21-11-14-1-2-16-12-22(13-17(16)9-14)6-5-18(23)15-3-4-19-20(10-15)25-8-7-24-19/h1-4,9-10,12-13H,5-8H2. The number of hydrogen-bond donors (Lipinski definition) is 0. The van der Waals surface area contributed by atoms with Gasteiger partial charge in [0.05, 0.1) is 11.6 Å². The molecule has 2 heterocycles. The molecule has 1 aromatic heterocycles. The van der Waals surface area contributed by atoms with E-state index in [9.17, 15) is 4.79 Å². The first-order valence-corrected chi connectivity index (χ1v) is 8.15. The second kappa shape index (κ2) is 6.33. The number of aromatic nitrogens is 1. The molecule has 0 spiro atoms. The van der Waals surface area contributed by atoms with Crippen LogP contribution in [0.2, 0.25) is 0 Å². The van der Waals surface area contributed by atoms with Crippen molar-refractivity contribution >= 4 is 16.6 Å².